The Morgan fingerprint density at radius 1 is 1.50 bits per heavy atom. The Hall–Kier alpha value is -1.88. The minimum atomic E-state index is -0.849. The molecule has 0 spiro atoms. The van der Waals surface area contributed by atoms with E-state index in [-0.39, 0.29) is 5.91 Å². The lowest BCUT2D eigenvalue weighted by Crippen LogP contribution is -2.24. The van der Waals surface area contributed by atoms with Crippen molar-refractivity contribution in [2.45, 2.75) is 19.8 Å². The predicted molar refractivity (Wildman–Crippen MR) is 65.0 cm³/mol. The second-order valence-electron chi connectivity index (χ2n) is 4.34. The van der Waals surface area contributed by atoms with Crippen LogP contribution < -0.4 is 5.06 Å². The number of benzene rings is 1. The van der Waals surface area contributed by atoms with Crippen molar-refractivity contribution in [2.24, 2.45) is 5.92 Å². The molecule has 1 saturated heterocycles. The van der Waals surface area contributed by atoms with Gasteiger partial charge in [-0.1, -0.05) is 25.1 Å². The van der Waals surface area contributed by atoms with E-state index in [1.54, 1.807) is 19.1 Å². The lowest BCUT2D eigenvalue weighted by Gasteiger charge is -2.19. The Morgan fingerprint density at radius 3 is 2.83 bits per heavy atom. The Labute approximate surface area is 105 Å². The number of amides is 1. The summed E-state index contributed by atoms with van der Waals surface area (Å²) in [7, 11) is 0. The summed E-state index contributed by atoms with van der Waals surface area (Å²) in [6.45, 7) is 2.02. The van der Waals surface area contributed by atoms with Gasteiger partial charge in [0.2, 0.25) is 0 Å². The van der Waals surface area contributed by atoms with Crippen LogP contribution in [-0.2, 0) is 20.8 Å². The number of carbonyl (C=O) groups is 2. The standard InChI is InChI=1S/C13H15NO4/c1-9(13(16)17)8-10-4-2-3-5-11(10)14-12(15)6-7-18-14/h2-5,9H,6-8H2,1H3,(H,16,17). The van der Waals surface area contributed by atoms with E-state index in [1.165, 1.54) is 5.06 Å². The predicted octanol–water partition coefficient (Wildman–Crippen LogP) is 1.62. The summed E-state index contributed by atoms with van der Waals surface area (Å²) in [5.74, 6) is -1.44. The molecule has 1 N–H and O–H groups in total. The molecule has 18 heavy (non-hydrogen) atoms. The van der Waals surface area contributed by atoms with Crippen molar-refractivity contribution >= 4 is 17.6 Å². The Balaban J connectivity index is 2.25. The molecule has 1 unspecified atom stereocenters. The highest BCUT2D eigenvalue weighted by atomic mass is 16.7. The van der Waals surface area contributed by atoms with E-state index in [4.69, 9.17) is 9.94 Å². The van der Waals surface area contributed by atoms with Crippen LogP contribution in [-0.4, -0.2) is 23.6 Å². The molecule has 1 aliphatic heterocycles. The van der Waals surface area contributed by atoms with Gasteiger partial charge in [-0.2, -0.15) is 5.06 Å². The van der Waals surface area contributed by atoms with Gasteiger partial charge in [0.05, 0.1) is 24.6 Å². The summed E-state index contributed by atoms with van der Waals surface area (Å²) in [6.07, 6.45) is 0.738. The van der Waals surface area contributed by atoms with Crippen LogP contribution in [0.5, 0.6) is 0 Å². The van der Waals surface area contributed by atoms with Crippen LogP contribution in [0.2, 0.25) is 0 Å². The topological polar surface area (TPSA) is 66.8 Å². The first-order chi connectivity index (χ1) is 8.59. The van der Waals surface area contributed by atoms with Gasteiger partial charge in [-0.3, -0.25) is 14.4 Å². The molecule has 1 aromatic carbocycles. The molecule has 1 atom stereocenters. The number of para-hydroxylation sites is 1. The summed E-state index contributed by atoms with van der Waals surface area (Å²) in [6, 6.07) is 7.23. The van der Waals surface area contributed by atoms with Gasteiger partial charge in [-0.05, 0) is 18.1 Å². The van der Waals surface area contributed by atoms with Gasteiger partial charge in [0.15, 0.2) is 0 Å². The zero-order valence-electron chi connectivity index (χ0n) is 10.1. The monoisotopic (exact) mass is 249 g/mol. The molecule has 1 aromatic rings. The molecule has 0 aromatic heterocycles. The van der Waals surface area contributed by atoms with Crippen LogP contribution in [0, 0.1) is 5.92 Å². The number of aliphatic carboxylic acids is 1. The van der Waals surface area contributed by atoms with Gasteiger partial charge in [-0.15, -0.1) is 0 Å². The fourth-order valence-corrected chi connectivity index (χ4v) is 1.90. The number of hydrogen-bond acceptors (Lipinski definition) is 3. The van der Waals surface area contributed by atoms with E-state index in [1.807, 2.05) is 12.1 Å². The van der Waals surface area contributed by atoms with Crippen molar-refractivity contribution in [2.75, 3.05) is 11.7 Å². The van der Waals surface area contributed by atoms with Crippen LogP contribution in [0.15, 0.2) is 24.3 Å². The van der Waals surface area contributed by atoms with Crippen molar-refractivity contribution in [1.82, 2.24) is 0 Å². The highest BCUT2D eigenvalue weighted by Crippen LogP contribution is 2.26. The smallest absolute Gasteiger partial charge is 0.306 e. The first-order valence-electron chi connectivity index (χ1n) is 5.86. The van der Waals surface area contributed by atoms with Gasteiger partial charge in [0.1, 0.15) is 0 Å². The number of carboxylic acid groups (broad SMARTS) is 1. The van der Waals surface area contributed by atoms with Crippen molar-refractivity contribution in [1.29, 1.82) is 0 Å². The normalized spacial score (nSPS) is 16.9. The fourth-order valence-electron chi connectivity index (χ4n) is 1.90. The van der Waals surface area contributed by atoms with Crippen LogP contribution in [0.3, 0.4) is 0 Å². The molecule has 5 heteroatoms. The SMILES string of the molecule is CC(Cc1ccccc1N1OCCC1=O)C(=O)O. The number of hydroxylamine groups is 1. The Morgan fingerprint density at radius 2 is 2.22 bits per heavy atom. The molecule has 96 valence electrons. The van der Waals surface area contributed by atoms with E-state index < -0.39 is 11.9 Å². The molecule has 0 aliphatic carbocycles. The first-order valence-corrected chi connectivity index (χ1v) is 5.86. The average molecular weight is 249 g/mol. The maximum atomic E-state index is 11.6. The maximum absolute atomic E-state index is 11.6. The van der Waals surface area contributed by atoms with Gasteiger partial charge >= 0.3 is 5.97 Å². The lowest BCUT2D eigenvalue weighted by atomic mass is 9.99. The summed E-state index contributed by atoms with van der Waals surface area (Å²) in [5.41, 5.74) is 1.45. The van der Waals surface area contributed by atoms with E-state index in [2.05, 4.69) is 0 Å². The van der Waals surface area contributed by atoms with E-state index in [0.29, 0.717) is 25.1 Å². The minimum Gasteiger partial charge on any atom is -0.481 e. The molecule has 0 bridgehead atoms. The third kappa shape index (κ3) is 2.51. The summed E-state index contributed by atoms with van der Waals surface area (Å²) >= 11 is 0. The van der Waals surface area contributed by atoms with Crippen LogP contribution in [0.25, 0.3) is 0 Å². The zero-order chi connectivity index (χ0) is 13.1. The molecule has 2 rings (SSSR count). The second-order valence-corrected chi connectivity index (χ2v) is 4.34. The van der Waals surface area contributed by atoms with Crippen molar-refractivity contribution in [3.8, 4) is 0 Å². The first kappa shape index (κ1) is 12.6. The number of anilines is 1. The molecule has 1 fully saturated rings. The highest BCUT2D eigenvalue weighted by molar-refractivity contribution is 5.93. The van der Waals surface area contributed by atoms with Crippen LogP contribution >= 0.6 is 0 Å². The number of carbonyl (C=O) groups excluding carboxylic acids is 1. The highest BCUT2D eigenvalue weighted by Gasteiger charge is 2.26. The van der Waals surface area contributed by atoms with E-state index >= 15 is 0 Å². The molecule has 5 nitrogen and oxygen atoms in total. The molecule has 1 heterocycles. The third-order valence-corrected chi connectivity index (χ3v) is 2.92. The molecule has 0 saturated carbocycles. The molecular weight excluding hydrogens is 234 g/mol. The van der Waals surface area contributed by atoms with E-state index in [9.17, 15) is 9.59 Å². The van der Waals surface area contributed by atoms with Gasteiger partial charge in [0.25, 0.3) is 5.91 Å². The van der Waals surface area contributed by atoms with Crippen molar-refractivity contribution < 1.29 is 19.5 Å². The lowest BCUT2D eigenvalue weighted by molar-refractivity contribution is -0.141. The number of hydrogen-bond donors (Lipinski definition) is 1. The van der Waals surface area contributed by atoms with Crippen molar-refractivity contribution in [3.05, 3.63) is 29.8 Å². The summed E-state index contributed by atoms with van der Waals surface area (Å²) in [4.78, 5) is 27.8. The number of carboxylic acids is 1. The third-order valence-electron chi connectivity index (χ3n) is 2.92. The van der Waals surface area contributed by atoms with Crippen molar-refractivity contribution in [3.63, 3.8) is 0 Å². The molecular formula is C13H15NO4. The average Bonchev–Trinajstić information content (AvgIpc) is 2.76. The van der Waals surface area contributed by atoms with E-state index in [0.717, 1.165) is 5.56 Å². The molecule has 0 radical (unpaired) electrons. The van der Waals surface area contributed by atoms with Gasteiger partial charge < -0.3 is 5.11 Å². The number of nitrogens with zero attached hydrogens (tertiary/aromatic N) is 1. The Bertz CT molecular complexity index is 472. The zero-order valence-corrected chi connectivity index (χ0v) is 10.1. The molecule has 1 amide bonds. The minimum absolute atomic E-state index is 0.0922. The van der Waals surface area contributed by atoms with Crippen LogP contribution in [0.1, 0.15) is 18.9 Å². The fraction of sp³-hybridized carbons (Fsp3) is 0.385. The summed E-state index contributed by atoms with van der Waals surface area (Å²) in [5, 5.41) is 10.2. The maximum Gasteiger partial charge on any atom is 0.306 e. The van der Waals surface area contributed by atoms with Crippen LogP contribution in [0.4, 0.5) is 5.69 Å². The van der Waals surface area contributed by atoms with Gasteiger partial charge in [0, 0.05) is 0 Å². The second kappa shape index (κ2) is 5.18. The molecule has 1 aliphatic rings. The van der Waals surface area contributed by atoms with Gasteiger partial charge in [-0.25, -0.2) is 0 Å². The Kier molecular flexibility index (Phi) is 3.62. The summed E-state index contributed by atoms with van der Waals surface area (Å²) < 4.78 is 0. The largest absolute Gasteiger partial charge is 0.481 e. The number of rotatable bonds is 4. The quantitative estimate of drug-likeness (QED) is 0.880.